The van der Waals surface area contributed by atoms with E-state index in [1.54, 1.807) is 13.8 Å². The van der Waals surface area contributed by atoms with Gasteiger partial charge < -0.3 is 5.32 Å². The van der Waals surface area contributed by atoms with Gasteiger partial charge in [0.1, 0.15) is 17.5 Å². The van der Waals surface area contributed by atoms with Crippen molar-refractivity contribution in [3.05, 3.63) is 35.1 Å². The number of benzene rings is 1. The van der Waals surface area contributed by atoms with E-state index in [-0.39, 0.29) is 5.56 Å². The Hall–Kier alpha value is -1.03. The van der Waals surface area contributed by atoms with Crippen molar-refractivity contribution in [1.82, 2.24) is 5.32 Å². The summed E-state index contributed by atoms with van der Waals surface area (Å²) < 4.78 is 40.4. The van der Waals surface area contributed by atoms with Crippen molar-refractivity contribution in [3.63, 3.8) is 0 Å². The maximum Gasteiger partial charge on any atom is 0.132 e. The molecule has 4 heteroatoms. The van der Waals surface area contributed by atoms with Crippen LogP contribution in [0.2, 0.25) is 0 Å². The van der Waals surface area contributed by atoms with E-state index in [9.17, 15) is 13.2 Å². The van der Waals surface area contributed by atoms with Gasteiger partial charge in [-0.05, 0) is 30.8 Å². The third kappa shape index (κ3) is 4.53. The Morgan fingerprint density at radius 1 is 1.11 bits per heavy atom. The second-order valence-electron chi connectivity index (χ2n) is 5.98. The molecule has 0 bridgehead atoms. The van der Waals surface area contributed by atoms with E-state index in [1.165, 1.54) is 0 Å². The molecule has 0 aromatic heterocycles. The Balaban J connectivity index is 2.77. The second-order valence-corrected chi connectivity index (χ2v) is 5.98. The minimum Gasteiger partial charge on any atom is -0.316 e. The fourth-order valence-electron chi connectivity index (χ4n) is 2.11. The Morgan fingerprint density at radius 3 is 2.11 bits per heavy atom. The summed E-state index contributed by atoms with van der Waals surface area (Å²) in [5.74, 6) is -1.98. The molecule has 0 aliphatic rings. The van der Waals surface area contributed by atoms with E-state index >= 15 is 0 Å². The normalized spacial score (nSPS) is 12.2. The molecule has 0 fully saturated rings. The zero-order valence-corrected chi connectivity index (χ0v) is 12.0. The largest absolute Gasteiger partial charge is 0.316 e. The molecule has 0 amide bonds. The van der Waals surface area contributed by atoms with Crippen molar-refractivity contribution in [2.45, 2.75) is 39.5 Å². The van der Waals surface area contributed by atoms with Crippen molar-refractivity contribution in [2.24, 2.45) is 5.92 Å². The highest BCUT2D eigenvalue weighted by Gasteiger charge is 2.28. The molecule has 0 saturated heterocycles. The maximum absolute atomic E-state index is 13.7. The molecule has 0 aliphatic carbocycles. The van der Waals surface area contributed by atoms with Crippen molar-refractivity contribution < 1.29 is 13.2 Å². The van der Waals surface area contributed by atoms with Crippen LogP contribution in [0.3, 0.4) is 0 Å². The van der Waals surface area contributed by atoms with Gasteiger partial charge in [0, 0.05) is 17.7 Å². The van der Waals surface area contributed by atoms with Crippen LogP contribution in [-0.2, 0) is 5.41 Å². The highest BCUT2D eigenvalue weighted by Crippen LogP contribution is 2.31. The van der Waals surface area contributed by atoms with Crippen molar-refractivity contribution in [3.8, 4) is 0 Å². The van der Waals surface area contributed by atoms with Gasteiger partial charge in [0.2, 0.25) is 0 Å². The third-order valence-electron chi connectivity index (χ3n) is 3.16. The van der Waals surface area contributed by atoms with Gasteiger partial charge in [-0.15, -0.1) is 0 Å². The molecule has 0 aliphatic heterocycles. The summed E-state index contributed by atoms with van der Waals surface area (Å²) in [6, 6.07) is 1.48. The van der Waals surface area contributed by atoms with Crippen LogP contribution in [0.4, 0.5) is 13.2 Å². The highest BCUT2D eigenvalue weighted by molar-refractivity contribution is 5.28. The Kier molecular flexibility index (Phi) is 5.41. The number of nitrogens with one attached hydrogen (secondary N) is 1. The predicted molar refractivity (Wildman–Crippen MR) is 71.7 cm³/mol. The average Bonchev–Trinajstić information content (AvgIpc) is 2.22. The summed E-state index contributed by atoms with van der Waals surface area (Å²) in [4.78, 5) is 0. The van der Waals surface area contributed by atoms with Gasteiger partial charge in [0.15, 0.2) is 0 Å². The Labute approximate surface area is 113 Å². The summed E-state index contributed by atoms with van der Waals surface area (Å²) in [6.45, 7) is 9.26. The number of rotatable bonds is 6. The van der Waals surface area contributed by atoms with Crippen LogP contribution in [0.25, 0.3) is 0 Å². The van der Waals surface area contributed by atoms with Crippen LogP contribution in [0, 0.1) is 23.4 Å². The molecule has 1 N–H and O–H groups in total. The molecule has 0 atom stereocenters. The van der Waals surface area contributed by atoms with E-state index < -0.39 is 22.9 Å². The lowest BCUT2D eigenvalue weighted by Crippen LogP contribution is -2.29. The van der Waals surface area contributed by atoms with Crippen LogP contribution in [0.5, 0.6) is 0 Å². The van der Waals surface area contributed by atoms with Gasteiger partial charge in [-0.2, -0.15) is 0 Å². The number of hydrogen-bond donors (Lipinski definition) is 1. The Morgan fingerprint density at radius 2 is 1.63 bits per heavy atom. The maximum atomic E-state index is 13.7. The first-order chi connectivity index (χ1) is 8.74. The molecule has 0 unspecified atom stereocenters. The summed E-state index contributed by atoms with van der Waals surface area (Å²) in [5, 5.41) is 3.24. The lowest BCUT2D eigenvalue weighted by atomic mass is 9.81. The lowest BCUT2D eigenvalue weighted by molar-refractivity contribution is 0.399. The minimum absolute atomic E-state index is 0.0414. The topological polar surface area (TPSA) is 12.0 Å². The number of halogens is 3. The first-order valence-electron chi connectivity index (χ1n) is 6.60. The molecule has 0 saturated carbocycles. The van der Waals surface area contributed by atoms with E-state index in [2.05, 4.69) is 19.2 Å². The van der Waals surface area contributed by atoms with E-state index in [1.807, 2.05) is 0 Å². The molecule has 0 spiro atoms. The van der Waals surface area contributed by atoms with Crippen LogP contribution < -0.4 is 5.32 Å². The van der Waals surface area contributed by atoms with Gasteiger partial charge >= 0.3 is 0 Å². The van der Waals surface area contributed by atoms with E-state index in [4.69, 9.17) is 0 Å². The zero-order valence-electron chi connectivity index (χ0n) is 12.0. The van der Waals surface area contributed by atoms with Gasteiger partial charge in [-0.1, -0.05) is 27.7 Å². The molecular weight excluding hydrogens is 251 g/mol. The summed E-state index contributed by atoms with van der Waals surface area (Å²) in [5.41, 5.74) is -0.716. The lowest BCUT2D eigenvalue weighted by Gasteiger charge is -2.26. The fraction of sp³-hybridized carbons (Fsp3) is 0.600. The first kappa shape index (κ1) is 16.0. The number of hydrogen-bond acceptors (Lipinski definition) is 1. The summed E-state index contributed by atoms with van der Waals surface area (Å²) in [6.07, 6.45) is 0.583. The first-order valence-corrected chi connectivity index (χ1v) is 6.60. The monoisotopic (exact) mass is 273 g/mol. The Bertz CT molecular complexity index is 404. The molecule has 1 aromatic carbocycles. The molecule has 108 valence electrons. The fourth-order valence-corrected chi connectivity index (χ4v) is 2.11. The molecule has 0 heterocycles. The van der Waals surface area contributed by atoms with Crippen LogP contribution in [0.15, 0.2) is 12.1 Å². The summed E-state index contributed by atoms with van der Waals surface area (Å²) >= 11 is 0. The molecule has 1 rings (SSSR count). The quantitative estimate of drug-likeness (QED) is 0.772. The highest BCUT2D eigenvalue weighted by atomic mass is 19.1. The van der Waals surface area contributed by atoms with Crippen molar-refractivity contribution >= 4 is 0 Å². The SMILES string of the molecule is CC(C)CNCCC(C)(C)c1c(F)cc(F)cc1F. The van der Waals surface area contributed by atoms with Crippen molar-refractivity contribution in [1.29, 1.82) is 0 Å². The van der Waals surface area contributed by atoms with Gasteiger partial charge in [-0.25, -0.2) is 13.2 Å². The molecule has 19 heavy (non-hydrogen) atoms. The molecule has 0 radical (unpaired) electrons. The van der Waals surface area contributed by atoms with Gasteiger partial charge in [0.25, 0.3) is 0 Å². The van der Waals surface area contributed by atoms with Crippen molar-refractivity contribution in [2.75, 3.05) is 13.1 Å². The zero-order chi connectivity index (χ0) is 14.6. The predicted octanol–water partition coefficient (Wildman–Crippen LogP) is 4.02. The van der Waals surface area contributed by atoms with Crippen LogP contribution in [-0.4, -0.2) is 13.1 Å². The smallest absolute Gasteiger partial charge is 0.132 e. The van der Waals surface area contributed by atoms with Crippen LogP contribution in [0.1, 0.15) is 39.7 Å². The second kappa shape index (κ2) is 6.42. The van der Waals surface area contributed by atoms with Crippen LogP contribution >= 0.6 is 0 Å². The van der Waals surface area contributed by atoms with E-state index in [0.29, 0.717) is 18.9 Å². The van der Waals surface area contributed by atoms with Gasteiger partial charge in [0.05, 0.1) is 0 Å². The average molecular weight is 273 g/mol. The minimum atomic E-state index is -0.882. The third-order valence-corrected chi connectivity index (χ3v) is 3.16. The standard InChI is InChI=1S/C15H22F3N/c1-10(2)9-19-6-5-15(3,4)14-12(17)7-11(16)8-13(14)18/h7-8,10,19H,5-6,9H2,1-4H3. The summed E-state index contributed by atoms with van der Waals surface area (Å²) in [7, 11) is 0. The molecule has 1 aromatic rings. The molecule has 1 nitrogen and oxygen atoms in total. The molecular formula is C15H22F3N. The van der Waals surface area contributed by atoms with E-state index in [0.717, 1.165) is 18.7 Å². The van der Waals surface area contributed by atoms with Gasteiger partial charge in [-0.3, -0.25) is 0 Å².